The van der Waals surface area contributed by atoms with Gasteiger partial charge in [-0.2, -0.15) is 0 Å². The van der Waals surface area contributed by atoms with E-state index in [-0.39, 0.29) is 6.04 Å². The van der Waals surface area contributed by atoms with Gasteiger partial charge in [-0.3, -0.25) is 0 Å². The molecule has 0 spiro atoms. The van der Waals surface area contributed by atoms with Crippen LogP contribution < -0.4 is 5.73 Å². The van der Waals surface area contributed by atoms with Crippen molar-refractivity contribution in [3.8, 4) is 0 Å². The topological polar surface area (TPSA) is 26.0 Å². The molecule has 1 aromatic carbocycles. The molecule has 0 aliphatic carbocycles. The van der Waals surface area contributed by atoms with Crippen LogP contribution in [0.1, 0.15) is 31.4 Å². The fourth-order valence-electron chi connectivity index (χ4n) is 1.27. The molecular formula is C10H13BrClN. The zero-order valence-electron chi connectivity index (χ0n) is 7.56. The van der Waals surface area contributed by atoms with Crippen LogP contribution in [0.15, 0.2) is 22.7 Å². The molecule has 0 aromatic heterocycles. The Kier molecular flexibility index (Phi) is 4.23. The Morgan fingerprint density at radius 1 is 1.54 bits per heavy atom. The first kappa shape index (κ1) is 11.0. The predicted octanol–water partition coefficient (Wildman–Crippen LogP) is 3.90. The Hall–Kier alpha value is -0.0500. The highest BCUT2D eigenvalue weighted by Crippen LogP contribution is 2.27. The van der Waals surface area contributed by atoms with Crippen LogP contribution in [-0.4, -0.2) is 0 Å². The average molecular weight is 263 g/mol. The highest BCUT2D eigenvalue weighted by atomic mass is 79.9. The molecule has 0 aliphatic heterocycles. The summed E-state index contributed by atoms with van der Waals surface area (Å²) in [4.78, 5) is 0. The van der Waals surface area contributed by atoms with Crippen molar-refractivity contribution in [2.75, 3.05) is 0 Å². The lowest BCUT2D eigenvalue weighted by Gasteiger charge is -2.12. The number of benzene rings is 1. The van der Waals surface area contributed by atoms with Crippen molar-refractivity contribution >= 4 is 27.5 Å². The third kappa shape index (κ3) is 2.97. The van der Waals surface area contributed by atoms with E-state index < -0.39 is 0 Å². The zero-order valence-corrected chi connectivity index (χ0v) is 9.90. The molecular weight excluding hydrogens is 249 g/mol. The van der Waals surface area contributed by atoms with Gasteiger partial charge in [0.15, 0.2) is 0 Å². The molecule has 0 fully saturated rings. The first-order valence-electron chi connectivity index (χ1n) is 4.35. The second-order valence-corrected chi connectivity index (χ2v) is 4.38. The maximum absolute atomic E-state index is 6.05. The summed E-state index contributed by atoms with van der Waals surface area (Å²) in [6, 6.07) is 5.89. The summed E-state index contributed by atoms with van der Waals surface area (Å²) in [6.07, 6.45) is 2.05. The van der Waals surface area contributed by atoms with E-state index in [1.54, 1.807) is 0 Å². The van der Waals surface area contributed by atoms with Crippen molar-refractivity contribution in [3.63, 3.8) is 0 Å². The van der Waals surface area contributed by atoms with Gasteiger partial charge in [-0.05, 0) is 24.1 Å². The summed E-state index contributed by atoms with van der Waals surface area (Å²) in [7, 11) is 0. The number of hydrogen-bond acceptors (Lipinski definition) is 1. The summed E-state index contributed by atoms with van der Waals surface area (Å²) >= 11 is 9.41. The van der Waals surface area contributed by atoms with Gasteiger partial charge < -0.3 is 5.73 Å². The molecule has 0 radical (unpaired) electrons. The lowest BCUT2D eigenvalue weighted by molar-refractivity contribution is 0.638. The van der Waals surface area contributed by atoms with Gasteiger partial charge in [0, 0.05) is 15.5 Å². The van der Waals surface area contributed by atoms with Crippen LogP contribution in [0.5, 0.6) is 0 Å². The standard InChI is InChI=1S/C10H13BrClN/c1-2-3-10(13)8-5-4-7(11)6-9(8)12/h4-6,10H,2-3,13H2,1H3/t10-/m0/s1. The number of hydrogen-bond donors (Lipinski definition) is 1. The van der Waals surface area contributed by atoms with Crippen LogP contribution in [0.25, 0.3) is 0 Å². The minimum Gasteiger partial charge on any atom is -0.324 e. The van der Waals surface area contributed by atoms with E-state index in [0.29, 0.717) is 0 Å². The SMILES string of the molecule is CCC[C@H](N)c1ccc(Br)cc1Cl. The van der Waals surface area contributed by atoms with E-state index in [1.807, 2.05) is 18.2 Å². The molecule has 1 aromatic rings. The van der Waals surface area contributed by atoms with Crippen molar-refractivity contribution in [2.24, 2.45) is 5.73 Å². The molecule has 0 heterocycles. The van der Waals surface area contributed by atoms with Crippen LogP contribution in [0.4, 0.5) is 0 Å². The third-order valence-corrected chi connectivity index (χ3v) is 2.78. The Morgan fingerprint density at radius 3 is 2.77 bits per heavy atom. The van der Waals surface area contributed by atoms with Gasteiger partial charge in [-0.25, -0.2) is 0 Å². The highest BCUT2D eigenvalue weighted by molar-refractivity contribution is 9.10. The lowest BCUT2D eigenvalue weighted by Crippen LogP contribution is -2.10. The van der Waals surface area contributed by atoms with E-state index in [9.17, 15) is 0 Å². The molecule has 1 rings (SSSR count). The first-order chi connectivity index (χ1) is 6.15. The lowest BCUT2D eigenvalue weighted by atomic mass is 10.0. The van der Waals surface area contributed by atoms with Crippen molar-refractivity contribution in [3.05, 3.63) is 33.3 Å². The number of halogens is 2. The Morgan fingerprint density at radius 2 is 2.23 bits per heavy atom. The molecule has 0 aliphatic rings. The molecule has 3 heteroatoms. The zero-order chi connectivity index (χ0) is 9.84. The molecule has 72 valence electrons. The van der Waals surface area contributed by atoms with Gasteiger partial charge in [0.1, 0.15) is 0 Å². The molecule has 0 unspecified atom stereocenters. The molecule has 1 atom stereocenters. The summed E-state index contributed by atoms with van der Waals surface area (Å²) in [6.45, 7) is 2.12. The van der Waals surface area contributed by atoms with Gasteiger partial charge in [0.05, 0.1) is 0 Å². The van der Waals surface area contributed by atoms with Gasteiger partial charge in [-0.15, -0.1) is 0 Å². The van der Waals surface area contributed by atoms with Gasteiger partial charge >= 0.3 is 0 Å². The van der Waals surface area contributed by atoms with Crippen LogP contribution in [0, 0.1) is 0 Å². The summed E-state index contributed by atoms with van der Waals surface area (Å²) in [5.41, 5.74) is 6.99. The van der Waals surface area contributed by atoms with Crippen molar-refractivity contribution in [1.29, 1.82) is 0 Å². The quantitative estimate of drug-likeness (QED) is 0.878. The van der Waals surface area contributed by atoms with Gasteiger partial charge in [0.2, 0.25) is 0 Å². The third-order valence-electron chi connectivity index (χ3n) is 1.96. The van der Waals surface area contributed by atoms with Crippen LogP contribution in [0.3, 0.4) is 0 Å². The number of nitrogens with two attached hydrogens (primary N) is 1. The smallest absolute Gasteiger partial charge is 0.0464 e. The fourth-order valence-corrected chi connectivity index (χ4v) is 2.08. The number of rotatable bonds is 3. The Labute approximate surface area is 92.4 Å². The van der Waals surface area contributed by atoms with Crippen LogP contribution in [-0.2, 0) is 0 Å². The molecule has 0 saturated carbocycles. The van der Waals surface area contributed by atoms with Gasteiger partial charge in [0.25, 0.3) is 0 Å². The van der Waals surface area contributed by atoms with Crippen molar-refractivity contribution < 1.29 is 0 Å². The molecule has 2 N–H and O–H groups in total. The Balaban J connectivity index is 2.88. The average Bonchev–Trinajstić information content (AvgIpc) is 2.04. The predicted molar refractivity (Wildman–Crippen MR) is 61.0 cm³/mol. The normalized spacial score (nSPS) is 12.9. The van der Waals surface area contributed by atoms with Crippen molar-refractivity contribution in [2.45, 2.75) is 25.8 Å². The monoisotopic (exact) mass is 261 g/mol. The van der Waals surface area contributed by atoms with Crippen LogP contribution in [0.2, 0.25) is 5.02 Å². The second-order valence-electron chi connectivity index (χ2n) is 3.06. The minimum absolute atomic E-state index is 0.0607. The van der Waals surface area contributed by atoms with E-state index in [1.165, 1.54) is 0 Å². The maximum atomic E-state index is 6.05. The van der Waals surface area contributed by atoms with Gasteiger partial charge in [-0.1, -0.05) is 46.9 Å². The molecule has 0 amide bonds. The summed E-state index contributed by atoms with van der Waals surface area (Å²) < 4.78 is 0.991. The second kappa shape index (κ2) is 4.99. The van der Waals surface area contributed by atoms with Crippen molar-refractivity contribution in [1.82, 2.24) is 0 Å². The Bertz CT molecular complexity index is 288. The minimum atomic E-state index is 0.0607. The molecule has 13 heavy (non-hydrogen) atoms. The van der Waals surface area contributed by atoms with E-state index in [4.69, 9.17) is 17.3 Å². The summed E-state index contributed by atoms with van der Waals surface area (Å²) in [5.74, 6) is 0. The van der Waals surface area contributed by atoms with Crippen LogP contribution >= 0.6 is 27.5 Å². The van der Waals surface area contributed by atoms with E-state index in [0.717, 1.165) is 27.9 Å². The summed E-state index contributed by atoms with van der Waals surface area (Å²) in [5, 5.41) is 0.746. The molecule has 1 nitrogen and oxygen atoms in total. The van der Waals surface area contributed by atoms with E-state index >= 15 is 0 Å². The fraction of sp³-hybridized carbons (Fsp3) is 0.400. The molecule has 0 saturated heterocycles. The largest absolute Gasteiger partial charge is 0.324 e. The first-order valence-corrected chi connectivity index (χ1v) is 5.52. The molecule has 0 bridgehead atoms. The van der Waals surface area contributed by atoms with E-state index in [2.05, 4.69) is 22.9 Å². The maximum Gasteiger partial charge on any atom is 0.0464 e. The highest BCUT2D eigenvalue weighted by Gasteiger charge is 2.08.